The maximum Gasteiger partial charge on any atom is 0.254 e. The van der Waals surface area contributed by atoms with Crippen molar-refractivity contribution in [3.63, 3.8) is 0 Å². The van der Waals surface area contributed by atoms with Gasteiger partial charge in [-0.25, -0.2) is 9.97 Å². The summed E-state index contributed by atoms with van der Waals surface area (Å²) < 4.78 is 0. The number of carbonyl (C=O) groups is 1. The maximum atomic E-state index is 13.3. The number of halogens is 1. The molecule has 9 heteroatoms. The summed E-state index contributed by atoms with van der Waals surface area (Å²) in [4.78, 5) is 27.0. The lowest BCUT2D eigenvalue weighted by Gasteiger charge is -2.41. The lowest BCUT2D eigenvalue weighted by Crippen LogP contribution is -2.50. The van der Waals surface area contributed by atoms with Gasteiger partial charge in [0.2, 0.25) is 5.95 Å². The highest BCUT2D eigenvalue weighted by Gasteiger charge is 2.35. The second-order valence-electron chi connectivity index (χ2n) is 9.52. The van der Waals surface area contributed by atoms with Gasteiger partial charge in [-0.2, -0.15) is 0 Å². The molecule has 0 radical (unpaired) electrons. The fourth-order valence-corrected chi connectivity index (χ4v) is 5.44. The minimum Gasteiger partial charge on any atom is -0.366 e. The highest BCUT2D eigenvalue weighted by Crippen LogP contribution is 2.32. The monoisotopic (exact) mass is 489 g/mol. The molecule has 1 saturated heterocycles. The van der Waals surface area contributed by atoms with Crippen molar-refractivity contribution in [1.29, 1.82) is 0 Å². The summed E-state index contributed by atoms with van der Waals surface area (Å²) in [6.07, 6.45) is 3.84. The van der Waals surface area contributed by atoms with Gasteiger partial charge in [0.05, 0.1) is 23.7 Å². The van der Waals surface area contributed by atoms with Crippen LogP contribution in [-0.4, -0.2) is 51.0 Å². The first-order valence-electron chi connectivity index (χ1n) is 12.1. The number of amides is 1. The lowest BCUT2D eigenvalue weighted by molar-refractivity contribution is 0.0460. The second-order valence-corrected chi connectivity index (χ2v) is 9.96. The quantitative estimate of drug-likeness (QED) is 0.490. The molecule has 3 aliphatic heterocycles. The third kappa shape index (κ3) is 4.39. The number of fused-ring (bicyclic) bond motifs is 2. The number of benzene rings is 2. The first kappa shape index (κ1) is 22.1. The highest BCUT2D eigenvalue weighted by atomic mass is 35.5. The summed E-state index contributed by atoms with van der Waals surface area (Å²) in [5, 5.41) is 10.5. The van der Waals surface area contributed by atoms with Gasteiger partial charge in [-0.1, -0.05) is 11.6 Å². The van der Waals surface area contributed by atoms with Crippen LogP contribution in [0.15, 0.2) is 48.7 Å². The molecule has 0 saturated carbocycles. The van der Waals surface area contributed by atoms with Gasteiger partial charge < -0.3 is 20.9 Å². The zero-order chi connectivity index (χ0) is 23.9. The summed E-state index contributed by atoms with van der Waals surface area (Å²) in [5.41, 5.74) is 5.95. The van der Waals surface area contributed by atoms with E-state index in [-0.39, 0.29) is 11.9 Å². The molecule has 0 spiro atoms. The summed E-state index contributed by atoms with van der Waals surface area (Å²) in [6, 6.07) is 14.0. The first-order chi connectivity index (χ1) is 17.0. The largest absolute Gasteiger partial charge is 0.366 e. The van der Waals surface area contributed by atoms with E-state index in [4.69, 9.17) is 16.6 Å². The van der Waals surface area contributed by atoms with Gasteiger partial charge in [0.25, 0.3) is 5.91 Å². The fourth-order valence-electron chi connectivity index (χ4n) is 5.32. The number of piperidine rings is 1. The molecule has 1 amide bonds. The van der Waals surface area contributed by atoms with Crippen LogP contribution in [0.4, 0.5) is 23.0 Å². The highest BCUT2D eigenvalue weighted by molar-refractivity contribution is 6.30. The SMILES string of the molecule is C[C@@H]1C[C@H](N2Cc3cnc(Nc4ccc(Cl)cc4)nc3C2)CCN1C(=O)c1ccc2c(c1)NCN2. The molecule has 2 atom stereocenters. The van der Waals surface area contributed by atoms with E-state index in [0.717, 1.165) is 60.8 Å². The molecule has 0 aliphatic carbocycles. The van der Waals surface area contributed by atoms with Crippen LogP contribution < -0.4 is 16.0 Å². The van der Waals surface area contributed by atoms with Gasteiger partial charge in [-0.3, -0.25) is 9.69 Å². The summed E-state index contributed by atoms with van der Waals surface area (Å²) >= 11 is 5.98. The van der Waals surface area contributed by atoms with Gasteiger partial charge in [0.15, 0.2) is 0 Å². The van der Waals surface area contributed by atoms with E-state index in [1.54, 1.807) is 0 Å². The van der Waals surface area contributed by atoms with Crippen molar-refractivity contribution in [2.75, 3.05) is 29.2 Å². The molecule has 3 aromatic rings. The topological polar surface area (TPSA) is 85.4 Å². The van der Waals surface area contributed by atoms with Crippen molar-refractivity contribution < 1.29 is 4.79 Å². The Morgan fingerprint density at radius 1 is 1.11 bits per heavy atom. The lowest BCUT2D eigenvalue weighted by atomic mass is 9.96. The Kier molecular flexibility index (Phi) is 5.70. The molecule has 8 nitrogen and oxygen atoms in total. The number of likely N-dealkylation sites (tertiary alicyclic amines) is 1. The van der Waals surface area contributed by atoms with Crippen LogP contribution in [0.5, 0.6) is 0 Å². The number of aromatic nitrogens is 2. The number of hydrogen-bond donors (Lipinski definition) is 3. The van der Waals surface area contributed by atoms with Crippen LogP contribution in [0.1, 0.15) is 41.4 Å². The molecule has 180 valence electrons. The van der Waals surface area contributed by atoms with Crippen LogP contribution >= 0.6 is 11.6 Å². The van der Waals surface area contributed by atoms with Gasteiger partial charge in [0.1, 0.15) is 0 Å². The Labute approximate surface area is 209 Å². The minimum absolute atomic E-state index is 0.112. The summed E-state index contributed by atoms with van der Waals surface area (Å²) in [7, 11) is 0. The van der Waals surface area contributed by atoms with Crippen LogP contribution in [-0.2, 0) is 13.1 Å². The summed E-state index contributed by atoms with van der Waals surface area (Å²) in [6.45, 7) is 5.28. The molecule has 0 bridgehead atoms. The van der Waals surface area contributed by atoms with Crippen LogP contribution in [0, 0.1) is 0 Å². The molecule has 3 aliphatic rings. The third-order valence-corrected chi connectivity index (χ3v) is 7.48. The summed E-state index contributed by atoms with van der Waals surface area (Å²) in [5.74, 6) is 0.710. The minimum atomic E-state index is 0.112. The Bertz CT molecular complexity index is 1270. The van der Waals surface area contributed by atoms with Crippen LogP contribution in [0.25, 0.3) is 0 Å². The van der Waals surface area contributed by atoms with Gasteiger partial charge in [-0.05, 0) is 62.2 Å². The molecule has 1 fully saturated rings. The number of nitrogens with zero attached hydrogens (tertiary/aromatic N) is 4. The molecular weight excluding hydrogens is 462 g/mol. The predicted molar refractivity (Wildman–Crippen MR) is 138 cm³/mol. The number of rotatable bonds is 4. The van der Waals surface area contributed by atoms with Crippen molar-refractivity contribution in [2.45, 2.75) is 44.9 Å². The number of anilines is 4. The average Bonchev–Trinajstić information content (AvgIpc) is 3.51. The Hall–Kier alpha value is -3.36. The molecule has 4 heterocycles. The van der Waals surface area contributed by atoms with Gasteiger partial charge in [-0.15, -0.1) is 0 Å². The van der Waals surface area contributed by atoms with Crippen molar-refractivity contribution in [2.24, 2.45) is 0 Å². The first-order valence-corrected chi connectivity index (χ1v) is 12.5. The normalized spacial score (nSPS) is 21.1. The molecule has 6 rings (SSSR count). The molecule has 0 unspecified atom stereocenters. The number of carbonyl (C=O) groups excluding carboxylic acids is 1. The number of nitrogens with one attached hydrogen (secondary N) is 3. The number of hydrogen-bond acceptors (Lipinski definition) is 7. The molecule has 35 heavy (non-hydrogen) atoms. The zero-order valence-corrected chi connectivity index (χ0v) is 20.3. The van der Waals surface area contributed by atoms with Gasteiger partial charge >= 0.3 is 0 Å². The second kappa shape index (κ2) is 9.02. The average molecular weight is 490 g/mol. The van der Waals surface area contributed by atoms with Gasteiger partial charge in [0, 0.05) is 59.8 Å². The van der Waals surface area contributed by atoms with E-state index in [9.17, 15) is 4.79 Å². The van der Waals surface area contributed by atoms with E-state index < -0.39 is 0 Å². The Morgan fingerprint density at radius 2 is 1.94 bits per heavy atom. The van der Waals surface area contributed by atoms with E-state index in [1.165, 1.54) is 5.56 Å². The van der Waals surface area contributed by atoms with E-state index in [2.05, 4.69) is 32.8 Å². The zero-order valence-electron chi connectivity index (χ0n) is 19.6. The molecule has 1 aromatic heterocycles. The van der Waals surface area contributed by atoms with Crippen molar-refractivity contribution >= 4 is 40.5 Å². The van der Waals surface area contributed by atoms with Crippen molar-refractivity contribution in [3.05, 3.63) is 70.5 Å². The van der Waals surface area contributed by atoms with Crippen LogP contribution in [0.3, 0.4) is 0 Å². The fraction of sp³-hybridized carbons (Fsp3) is 0.346. The maximum absolute atomic E-state index is 13.3. The standard InChI is InChI=1S/C26H28ClN7O/c1-16-10-21(8-9-34(16)25(35)17-2-7-22-23(11-17)30-15-29-22)33-13-18-12-28-26(32-24(18)14-33)31-20-5-3-19(27)4-6-20/h2-7,11-12,16,21,29-30H,8-10,13-15H2,1H3,(H,28,31,32)/t16-,21-/m1/s1. The Balaban J connectivity index is 1.09. The smallest absolute Gasteiger partial charge is 0.254 e. The Morgan fingerprint density at radius 3 is 2.77 bits per heavy atom. The van der Waals surface area contributed by atoms with Crippen molar-refractivity contribution in [3.8, 4) is 0 Å². The van der Waals surface area contributed by atoms with E-state index in [0.29, 0.717) is 23.7 Å². The van der Waals surface area contributed by atoms with Crippen molar-refractivity contribution in [1.82, 2.24) is 19.8 Å². The molecule has 2 aromatic carbocycles. The third-order valence-electron chi connectivity index (χ3n) is 7.23. The van der Waals surface area contributed by atoms with E-state index in [1.807, 2.05) is 53.6 Å². The van der Waals surface area contributed by atoms with Crippen LogP contribution in [0.2, 0.25) is 5.02 Å². The molecular formula is C26H28ClN7O. The molecule has 3 N–H and O–H groups in total. The predicted octanol–water partition coefficient (Wildman–Crippen LogP) is 4.68. The van der Waals surface area contributed by atoms with E-state index >= 15 is 0 Å².